The molecule has 3 aromatic carbocycles. The molecule has 0 N–H and O–H groups in total. The number of hydrogen-bond donors (Lipinski definition) is 0. The predicted molar refractivity (Wildman–Crippen MR) is 98.3 cm³/mol. The molecule has 3 aromatic rings. The summed E-state index contributed by atoms with van der Waals surface area (Å²) in [6, 6.07) is 30.4. The maximum absolute atomic E-state index is 12.0. The fourth-order valence-corrected chi connectivity index (χ4v) is 6.24. The minimum absolute atomic E-state index is 0.144. The molecule has 0 unspecified atom stereocenters. The van der Waals surface area contributed by atoms with Gasteiger partial charge in [0.25, 0.3) is 0 Å². The predicted octanol–water partition coefficient (Wildman–Crippen LogP) is 3.71. The van der Waals surface area contributed by atoms with Crippen LogP contribution >= 0.6 is 7.05 Å². The van der Waals surface area contributed by atoms with Crippen molar-refractivity contribution in [1.82, 2.24) is 0 Å². The van der Waals surface area contributed by atoms with Crippen LogP contribution in [-0.4, -0.2) is 5.91 Å². The minimum atomic E-state index is -2.33. The van der Waals surface area contributed by atoms with Gasteiger partial charge in [0, 0.05) is 22.8 Å². The molecule has 0 saturated carbocycles. The number of benzene rings is 3. The Balaban J connectivity index is 2.43. The molecule has 0 bridgehead atoms. The number of hydrogen-bond acceptors (Lipinski definition) is 1. The zero-order valence-corrected chi connectivity index (χ0v) is 13.9. The van der Waals surface area contributed by atoms with Crippen LogP contribution in [0.15, 0.2) is 95.7 Å². The van der Waals surface area contributed by atoms with Crippen molar-refractivity contribution >= 4 is 28.9 Å². The second-order valence-electron chi connectivity index (χ2n) is 5.26. The Morgan fingerprint density at radius 3 is 1.22 bits per heavy atom. The Morgan fingerprint density at radius 1 is 0.652 bits per heavy atom. The van der Waals surface area contributed by atoms with Gasteiger partial charge in [0.15, 0.2) is 0 Å². The smallest absolute Gasteiger partial charge is 0.242 e. The van der Waals surface area contributed by atoms with E-state index in [-0.39, 0.29) is 5.91 Å². The van der Waals surface area contributed by atoms with Crippen LogP contribution in [0.1, 0.15) is 6.92 Å². The lowest BCUT2D eigenvalue weighted by Crippen LogP contribution is -2.25. The van der Waals surface area contributed by atoms with Gasteiger partial charge >= 0.3 is 0 Å². The van der Waals surface area contributed by atoms with Gasteiger partial charge in [-0.1, -0.05) is 91.0 Å². The molecule has 0 aliphatic carbocycles. The maximum atomic E-state index is 12.0. The van der Waals surface area contributed by atoms with E-state index >= 15 is 0 Å². The van der Waals surface area contributed by atoms with Gasteiger partial charge in [0.2, 0.25) is 5.91 Å². The Bertz CT molecular complexity index is 739. The van der Waals surface area contributed by atoms with Gasteiger partial charge in [0.05, 0.1) is 7.05 Å². The van der Waals surface area contributed by atoms with Gasteiger partial charge in [-0.25, -0.2) is 4.74 Å². The van der Waals surface area contributed by atoms with Crippen molar-refractivity contribution in [3.63, 3.8) is 0 Å². The van der Waals surface area contributed by atoms with Crippen LogP contribution in [-0.2, 0) is 4.79 Å². The fraction of sp³-hybridized carbons (Fsp3) is 0.0500. The van der Waals surface area contributed by atoms with Crippen LogP contribution in [0.2, 0.25) is 0 Å². The lowest BCUT2D eigenvalue weighted by Gasteiger charge is -2.26. The van der Waals surface area contributed by atoms with Crippen LogP contribution < -0.4 is 15.9 Å². The first-order valence-corrected chi connectivity index (χ1v) is 9.27. The molecular formula is C20H18NOP. The largest absolute Gasteiger partial charge is 0.273 e. The molecule has 0 aliphatic heterocycles. The number of carbonyl (C=O) groups excluding carboxylic acids is 1. The van der Waals surface area contributed by atoms with Crippen molar-refractivity contribution in [1.29, 1.82) is 0 Å². The number of carbonyl (C=O) groups is 1. The Labute approximate surface area is 136 Å². The quantitative estimate of drug-likeness (QED) is 0.677. The van der Waals surface area contributed by atoms with Crippen molar-refractivity contribution in [2.45, 2.75) is 6.92 Å². The summed E-state index contributed by atoms with van der Waals surface area (Å²) < 4.78 is 4.69. The summed E-state index contributed by atoms with van der Waals surface area (Å²) in [5.41, 5.74) is 0. The average Bonchev–Trinajstić information content (AvgIpc) is 2.62. The van der Waals surface area contributed by atoms with Crippen molar-refractivity contribution in [2.75, 3.05) is 0 Å². The third kappa shape index (κ3) is 3.04. The molecule has 0 radical (unpaired) electrons. The first kappa shape index (κ1) is 15.5. The third-order valence-corrected chi connectivity index (χ3v) is 7.40. The van der Waals surface area contributed by atoms with Crippen LogP contribution in [0.25, 0.3) is 0 Å². The molecule has 0 aromatic heterocycles. The summed E-state index contributed by atoms with van der Waals surface area (Å²) in [5.74, 6) is -0.144. The summed E-state index contributed by atoms with van der Waals surface area (Å²) in [4.78, 5) is 12.0. The van der Waals surface area contributed by atoms with Crippen LogP contribution in [0, 0.1) is 0 Å². The van der Waals surface area contributed by atoms with Gasteiger partial charge in [-0.2, -0.15) is 0 Å². The summed E-state index contributed by atoms with van der Waals surface area (Å²) in [7, 11) is -2.33. The van der Waals surface area contributed by atoms with Crippen molar-refractivity contribution in [3.8, 4) is 0 Å². The first-order chi connectivity index (χ1) is 11.2. The van der Waals surface area contributed by atoms with Gasteiger partial charge in [-0.3, -0.25) is 4.79 Å². The molecule has 2 nitrogen and oxygen atoms in total. The monoisotopic (exact) mass is 319 g/mol. The van der Waals surface area contributed by atoms with E-state index in [2.05, 4.69) is 36.4 Å². The highest BCUT2D eigenvalue weighted by molar-refractivity contribution is 7.87. The Hall–Kier alpha value is -2.44. The molecule has 0 spiro atoms. The zero-order chi connectivity index (χ0) is 16.1. The molecule has 0 saturated heterocycles. The summed E-state index contributed by atoms with van der Waals surface area (Å²) in [6.45, 7) is 1.53. The molecule has 0 heterocycles. The highest BCUT2D eigenvalue weighted by Gasteiger charge is 2.27. The van der Waals surface area contributed by atoms with E-state index in [1.807, 2.05) is 54.6 Å². The fourth-order valence-electron chi connectivity index (χ4n) is 2.76. The maximum Gasteiger partial charge on any atom is 0.242 e. The lowest BCUT2D eigenvalue weighted by atomic mass is 10.4. The number of rotatable bonds is 3. The van der Waals surface area contributed by atoms with E-state index < -0.39 is 7.05 Å². The van der Waals surface area contributed by atoms with Crippen LogP contribution in [0.3, 0.4) is 0 Å². The topological polar surface area (TPSA) is 29.4 Å². The second-order valence-corrected chi connectivity index (χ2v) is 8.28. The molecule has 3 heteroatoms. The van der Waals surface area contributed by atoms with E-state index in [1.165, 1.54) is 6.92 Å². The van der Waals surface area contributed by atoms with Gasteiger partial charge in [-0.15, -0.1) is 0 Å². The van der Waals surface area contributed by atoms with E-state index in [1.54, 1.807) is 0 Å². The lowest BCUT2D eigenvalue weighted by molar-refractivity contribution is -0.115. The third-order valence-electron chi connectivity index (χ3n) is 3.68. The summed E-state index contributed by atoms with van der Waals surface area (Å²) in [5, 5.41) is 3.27. The van der Waals surface area contributed by atoms with Crippen molar-refractivity contribution < 1.29 is 4.79 Å². The normalized spacial score (nSPS) is 11.0. The molecule has 0 fully saturated rings. The van der Waals surface area contributed by atoms with Gasteiger partial charge in [0.1, 0.15) is 0 Å². The van der Waals surface area contributed by atoms with Gasteiger partial charge < -0.3 is 0 Å². The Morgan fingerprint density at radius 2 is 0.957 bits per heavy atom. The second kappa shape index (κ2) is 6.76. The van der Waals surface area contributed by atoms with Gasteiger partial charge in [-0.05, 0) is 0 Å². The SMILES string of the molecule is CC(=O)N=P(c1ccccc1)(c1ccccc1)c1ccccc1. The average molecular weight is 319 g/mol. The molecule has 114 valence electrons. The van der Waals surface area contributed by atoms with Crippen LogP contribution in [0.4, 0.5) is 0 Å². The molecule has 0 atom stereocenters. The van der Waals surface area contributed by atoms with Crippen molar-refractivity contribution in [2.24, 2.45) is 4.74 Å². The Kier molecular flexibility index (Phi) is 4.55. The molecular weight excluding hydrogens is 301 g/mol. The highest BCUT2D eigenvalue weighted by Crippen LogP contribution is 2.46. The number of nitrogens with zero attached hydrogens (tertiary/aromatic N) is 1. The standard InChI is InChI=1S/C20H18NOP/c1-17(22)21-23(18-11-5-2-6-12-18,19-13-7-3-8-14-19)20-15-9-4-10-16-20/h2-16H,1H3. The number of amides is 1. The van der Waals surface area contributed by atoms with E-state index in [0.29, 0.717) is 0 Å². The molecule has 3 rings (SSSR count). The summed E-state index contributed by atoms with van der Waals surface area (Å²) >= 11 is 0. The zero-order valence-electron chi connectivity index (χ0n) is 13.0. The van der Waals surface area contributed by atoms with Crippen molar-refractivity contribution in [3.05, 3.63) is 91.0 Å². The van der Waals surface area contributed by atoms with Crippen LogP contribution in [0.5, 0.6) is 0 Å². The van der Waals surface area contributed by atoms with E-state index in [0.717, 1.165) is 15.9 Å². The molecule has 23 heavy (non-hydrogen) atoms. The van der Waals surface area contributed by atoms with E-state index in [9.17, 15) is 4.79 Å². The van der Waals surface area contributed by atoms with E-state index in [4.69, 9.17) is 4.74 Å². The first-order valence-electron chi connectivity index (χ1n) is 7.53. The minimum Gasteiger partial charge on any atom is -0.273 e. The molecule has 0 aliphatic rings. The highest BCUT2D eigenvalue weighted by atomic mass is 31.2. The molecule has 1 amide bonds. The summed E-state index contributed by atoms with van der Waals surface area (Å²) in [6.07, 6.45) is 0.